The molecule has 0 saturated heterocycles. The van der Waals surface area contributed by atoms with Gasteiger partial charge in [-0.2, -0.15) is 0 Å². The van der Waals surface area contributed by atoms with Crippen LogP contribution in [0.25, 0.3) is 0 Å². The minimum atomic E-state index is -2.61. The maximum absolute atomic E-state index is 4.95. The first-order valence-electron chi connectivity index (χ1n) is 4.23. The molecule has 0 aliphatic carbocycles. The van der Waals surface area contributed by atoms with Gasteiger partial charge in [0.2, 0.25) is 6.33 Å². The quantitative estimate of drug-likeness (QED) is 0.575. The Morgan fingerprint density at radius 1 is 1.27 bits per heavy atom. The van der Waals surface area contributed by atoms with Crippen LogP contribution in [-0.4, -0.2) is 4.57 Å². The number of hydrogen-bond acceptors (Lipinski definition) is 0. The van der Waals surface area contributed by atoms with Crippen molar-refractivity contribution in [3.63, 3.8) is 0 Å². The van der Waals surface area contributed by atoms with Crippen molar-refractivity contribution in [3.05, 3.63) is 18.7 Å². The second-order valence-corrected chi connectivity index (χ2v) is 14.4. The molecule has 0 unspecified atom stereocenters. The summed E-state index contributed by atoms with van der Waals surface area (Å²) in [4.78, 5) is 0. The van der Waals surface area contributed by atoms with Crippen LogP contribution >= 0.6 is 40.4 Å². The molecule has 0 amide bonds. The Balaban J connectivity index is 0.000000336. The van der Waals surface area contributed by atoms with Crippen LogP contribution in [0, 0.1) is 5.92 Å². The van der Waals surface area contributed by atoms with Crippen molar-refractivity contribution in [2.45, 2.75) is 20.4 Å². The number of rotatable bonds is 2. The Kier molecular flexibility index (Phi) is 7.69. The fourth-order valence-electron chi connectivity index (χ4n) is 1.03. The predicted octanol–water partition coefficient (Wildman–Crippen LogP) is 3.72. The van der Waals surface area contributed by atoms with Crippen LogP contribution in [0.3, 0.4) is 0 Å². The fraction of sp³-hybridized carbons (Fsp3) is 0.625. The van der Waals surface area contributed by atoms with E-state index in [1.165, 1.54) is 0 Å². The van der Waals surface area contributed by atoms with Crippen LogP contribution in [0.5, 0.6) is 0 Å². The van der Waals surface area contributed by atoms with E-state index in [9.17, 15) is 0 Å². The Hall–Kier alpha value is 0.889. The number of aromatic nitrogens is 2. The van der Waals surface area contributed by atoms with Gasteiger partial charge in [0.15, 0.2) is 0 Å². The summed E-state index contributed by atoms with van der Waals surface area (Å²) in [6, 6.07) is 0. The molecule has 0 atom stereocenters. The molecule has 0 bridgehead atoms. The van der Waals surface area contributed by atoms with Crippen LogP contribution in [0.15, 0.2) is 18.7 Å². The molecule has 0 aliphatic rings. The molecule has 7 heteroatoms. The minimum absolute atomic E-state index is 0.729. The molecule has 1 aromatic rings. The Morgan fingerprint density at radius 3 is 2.00 bits per heavy atom. The third kappa shape index (κ3) is 12.8. The van der Waals surface area contributed by atoms with Gasteiger partial charge in [-0.05, 0) is 5.92 Å². The number of halogens is 4. The molecule has 1 rings (SSSR count). The topological polar surface area (TPSA) is 8.81 Å². The maximum atomic E-state index is 4.95. The van der Waals surface area contributed by atoms with Crippen molar-refractivity contribution < 1.29 is 13.8 Å². The molecule has 0 fully saturated rings. The first-order valence-corrected chi connectivity index (χ1v) is 10.3. The molecule has 1 heterocycles. The normalized spacial score (nSPS) is 12.3. The van der Waals surface area contributed by atoms with Gasteiger partial charge in [-0.15, -0.1) is 0 Å². The third-order valence-corrected chi connectivity index (χ3v) is 1.40. The van der Waals surface area contributed by atoms with Gasteiger partial charge in [0.05, 0.1) is 13.6 Å². The molecule has 0 aromatic carbocycles. The first kappa shape index (κ1) is 15.9. The second kappa shape index (κ2) is 7.26. The SMILES string of the molecule is CC(C)C[n+]1ccn(C)c1.[Cl][Fe]([Cl])([Cl])[Cl]. The third-order valence-electron chi connectivity index (χ3n) is 1.40. The predicted molar refractivity (Wildman–Crippen MR) is 63.9 cm³/mol. The molecule has 2 nitrogen and oxygen atoms in total. The Bertz CT molecular complexity index is 276. The number of aryl methyl sites for hydroxylation is 1. The van der Waals surface area contributed by atoms with Gasteiger partial charge in [0.1, 0.15) is 12.4 Å². The van der Waals surface area contributed by atoms with Crippen LogP contribution in [0.1, 0.15) is 13.8 Å². The summed E-state index contributed by atoms with van der Waals surface area (Å²) in [5.41, 5.74) is 0. The van der Waals surface area contributed by atoms with E-state index in [4.69, 9.17) is 40.4 Å². The van der Waals surface area contributed by atoms with E-state index in [0.717, 1.165) is 12.5 Å². The zero-order valence-corrected chi connectivity index (χ0v) is 12.9. The van der Waals surface area contributed by atoms with Gasteiger partial charge >= 0.3 is 49.6 Å². The molecule has 0 radical (unpaired) electrons. The summed E-state index contributed by atoms with van der Waals surface area (Å²) in [6.07, 6.45) is 6.25. The molecule has 0 N–H and O–H groups in total. The Labute approximate surface area is 110 Å². The van der Waals surface area contributed by atoms with Crippen LogP contribution in [-0.2, 0) is 22.8 Å². The molecular weight excluding hydrogens is 322 g/mol. The van der Waals surface area contributed by atoms with Gasteiger partial charge < -0.3 is 0 Å². The van der Waals surface area contributed by atoms with Gasteiger partial charge in [-0.3, -0.25) is 0 Å². The summed E-state index contributed by atoms with van der Waals surface area (Å²) in [6.45, 7) is 5.56. The van der Waals surface area contributed by atoms with Gasteiger partial charge in [-0.1, -0.05) is 13.8 Å². The Morgan fingerprint density at radius 2 is 1.73 bits per heavy atom. The van der Waals surface area contributed by atoms with E-state index in [-0.39, 0.29) is 0 Å². The summed E-state index contributed by atoms with van der Waals surface area (Å²) in [5, 5.41) is 0. The van der Waals surface area contributed by atoms with E-state index in [1.807, 2.05) is 7.05 Å². The van der Waals surface area contributed by atoms with Gasteiger partial charge in [0.25, 0.3) is 0 Å². The summed E-state index contributed by atoms with van der Waals surface area (Å²) < 4.78 is 4.26. The van der Waals surface area contributed by atoms with Crippen LogP contribution in [0.4, 0.5) is 0 Å². The van der Waals surface area contributed by atoms with Crippen molar-refractivity contribution in [1.82, 2.24) is 4.57 Å². The number of hydrogen-bond donors (Lipinski definition) is 0. The molecule has 1 aromatic heterocycles. The zero-order valence-electron chi connectivity index (χ0n) is 8.78. The molecular formula is C8H15Cl4FeN2+. The fourth-order valence-corrected chi connectivity index (χ4v) is 1.03. The first-order chi connectivity index (χ1) is 6.68. The van der Waals surface area contributed by atoms with Gasteiger partial charge in [-0.25, -0.2) is 9.13 Å². The molecule has 92 valence electrons. The molecule has 0 spiro atoms. The van der Waals surface area contributed by atoms with Crippen molar-refractivity contribution >= 4 is 40.4 Å². The standard InChI is InChI=1S/C8H15N2.4ClH.Fe/c1-8(2)6-10-5-4-9(3)7-10;;;;;/h4-5,7-8H,6H2,1-3H3;4*1H;/q+1;;;;;+4/p-4. The second-order valence-electron chi connectivity index (χ2n) is 3.47. The number of imidazole rings is 1. The average molecular weight is 337 g/mol. The van der Waals surface area contributed by atoms with Crippen LogP contribution in [0.2, 0.25) is 0 Å². The van der Waals surface area contributed by atoms with Crippen molar-refractivity contribution in [2.75, 3.05) is 0 Å². The molecule has 0 aliphatic heterocycles. The summed E-state index contributed by atoms with van der Waals surface area (Å²) in [7, 11) is 19.2. The zero-order chi connectivity index (χ0) is 12.1. The van der Waals surface area contributed by atoms with E-state index in [1.54, 1.807) is 0 Å². The van der Waals surface area contributed by atoms with E-state index < -0.39 is 9.20 Å². The van der Waals surface area contributed by atoms with Gasteiger partial charge in [0, 0.05) is 0 Å². The number of nitrogens with zero attached hydrogens (tertiary/aromatic N) is 2. The van der Waals surface area contributed by atoms with E-state index >= 15 is 0 Å². The monoisotopic (exact) mass is 335 g/mol. The molecule has 0 saturated carbocycles. The van der Waals surface area contributed by atoms with Crippen molar-refractivity contribution in [3.8, 4) is 0 Å². The van der Waals surface area contributed by atoms with E-state index in [0.29, 0.717) is 0 Å². The van der Waals surface area contributed by atoms with Crippen LogP contribution < -0.4 is 4.57 Å². The van der Waals surface area contributed by atoms with Crippen molar-refractivity contribution in [2.24, 2.45) is 13.0 Å². The molecule has 15 heavy (non-hydrogen) atoms. The van der Waals surface area contributed by atoms with E-state index in [2.05, 4.69) is 41.7 Å². The van der Waals surface area contributed by atoms with Crippen molar-refractivity contribution in [1.29, 1.82) is 0 Å². The summed E-state index contributed by atoms with van der Waals surface area (Å²) >= 11 is 0. The summed E-state index contributed by atoms with van der Waals surface area (Å²) in [5.74, 6) is 0.729. The average Bonchev–Trinajstić information content (AvgIpc) is 2.29.